The van der Waals surface area contributed by atoms with E-state index in [1.165, 1.54) is 11.1 Å². The summed E-state index contributed by atoms with van der Waals surface area (Å²) in [6, 6.07) is 8.75. The van der Waals surface area contributed by atoms with Crippen LogP contribution >= 0.6 is 11.3 Å². The Bertz CT molecular complexity index is 547. The monoisotopic (exact) mass is 288 g/mol. The van der Waals surface area contributed by atoms with Crippen molar-refractivity contribution < 1.29 is 0 Å². The lowest BCUT2D eigenvalue weighted by atomic mass is 10.0. The van der Waals surface area contributed by atoms with E-state index in [1.807, 2.05) is 0 Å². The van der Waals surface area contributed by atoms with Gasteiger partial charge in [-0.15, -0.1) is 11.3 Å². The van der Waals surface area contributed by atoms with Crippen LogP contribution < -0.4 is 5.32 Å². The number of aromatic nitrogens is 1. The number of thiazole rings is 1. The molecule has 0 aliphatic heterocycles. The number of hydrogen-bond acceptors (Lipinski definition) is 3. The molecule has 0 atom stereocenters. The third kappa shape index (κ3) is 4.15. The van der Waals surface area contributed by atoms with Crippen LogP contribution in [-0.2, 0) is 6.54 Å². The molecular weight excluding hydrogens is 264 g/mol. The van der Waals surface area contributed by atoms with Crippen molar-refractivity contribution in [1.29, 1.82) is 0 Å². The van der Waals surface area contributed by atoms with Gasteiger partial charge in [-0.05, 0) is 32.3 Å². The van der Waals surface area contributed by atoms with Crippen molar-refractivity contribution in [2.75, 3.05) is 0 Å². The zero-order valence-corrected chi connectivity index (χ0v) is 13.8. The van der Waals surface area contributed by atoms with E-state index < -0.39 is 0 Å². The molecule has 1 aromatic heterocycles. The van der Waals surface area contributed by atoms with Crippen molar-refractivity contribution in [2.24, 2.45) is 0 Å². The van der Waals surface area contributed by atoms with Crippen LogP contribution in [-0.4, -0.2) is 10.5 Å². The van der Waals surface area contributed by atoms with Crippen LogP contribution in [0.5, 0.6) is 0 Å². The van der Waals surface area contributed by atoms with Gasteiger partial charge in [-0.3, -0.25) is 0 Å². The Hall–Kier alpha value is -1.19. The van der Waals surface area contributed by atoms with Crippen molar-refractivity contribution in [3.63, 3.8) is 0 Å². The van der Waals surface area contributed by atoms with Gasteiger partial charge in [0.15, 0.2) is 0 Å². The molecule has 0 amide bonds. The minimum absolute atomic E-state index is 0.130. The maximum absolute atomic E-state index is 4.71. The van der Waals surface area contributed by atoms with Gasteiger partial charge in [-0.1, -0.05) is 38.1 Å². The number of benzene rings is 1. The van der Waals surface area contributed by atoms with Gasteiger partial charge in [0, 0.05) is 23.0 Å². The molecule has 0 fully saturated rings. The smallest absolute Gasteiger partial charge is 0.107 e. The molecule has 0 aliphatic carbocycles. The summed E-state index contributed by atoms with van der Waals surface area (Å²) in [7, 11) is 0. The first-order valence-electron chi connectivity index (χ1n) is 7.15. The van der Waals surface area contributed by atoms with E-state index in [-0.39, 0.29) is 5.54 Å². The lowest BCUT2D eigenvalue weighted by Crippen LogP contribution is -2.34. The van der Waals surface area contributed by atoms with Crippen molar-refractivity contribution in [3.8, 4) is 11.3 Å². The van der Waals surface area contributed by atoms with Crippen LogP contribution in [0, 0.1) is 0 Å². The molecule has 1 heterocycles. The fraction of sp³-hybridized carbons (Fsp3) is 0.471. The highest BCUT2D eigenvalue weighted by molar-refractivity contribution is 7.09. The minimum atomic E-state index is 0.130. The Morgan fingerprint density at radius 2 is 1.80 bits per heavy atom. The Labute approximate surface area is 126 Å². The third-order valence-corrected chi connectivity index (χ3v) is 4.04. The first-order chi connectivity index (χ1) is 9.35. The average Bonchev–Trinajstić information content (AvgIpc) is 2.84. The van der Waals surface area contributed by atoms with E-state index in [0.717, 1.165) is 17.2 Å². The summed E-state index contributed by atoms with van der Waals surface area (Å²) in [5, 5.41) is 6.76. The van der Waals surface area contributed by atoms with Crippen LogP contribution in [0.3, 0.4) is 0 Å². The standard InChI is InChI=1S/C17H24N2S/c1-12(2)13-6-8-14(9-7-13)15-11-20-16(19-15)10-18-17(3,4)5/h6-9,11-12,18H,10H2,1-5H3. The first kappa shape index (κ1) is 15.2. The molecule has 2 rings (SSSR count). The SMILES string of the molecule is CC(C)c1ccc(-c2csc(CNC(C)(C)C)n2)cc1. The number of rotatable bonds is 4. The van der Waals surface area contributed by atoms with Gasteiger partial charge in [0.2, 0.25) is 0 Å². The lowest BCUT2D eigenvalue weighted by Gasteiger charge is -2.19. The number of hydrogen-bond donors (Lipinski definition) is 1. The van der Waals surface area contributed by atoms with Crippen LogP contribution in [0.1, 0.15) is 51.1 Å². The molecule has 0 spiro atoms. The molecule has 20 heavy (non-hydrogen) atoms. The van der Waals surface area contributed by atoms with Gasteiger partial charge in [0.25, 0.3) is 0 Å². The highest BCUT2D eigenvalue weighted by atomic mass is 32.1. The predicted molar refractivity (Wildman–Crippen MR) is 88.2 cm³/mol. The first-order valence-corrected chi connectivity index (χ1v) is 8.03. The van der Waals surface area contributed by atoms with Crippen molar-refractivity contribution in [1.82, 2.24) is 10.3 Å². The lowest BCUT2D eigenvalue weighted by molar-refractivity contribution is 0.424. The van der Waals surface area contributed by atoms with Crippen LogP contribution in [0.4, 0.5) is 0 Å². The summed E-state index contributed by atoms with van der Waals surface area (Å²) < 4.78 is 0. The molecule has 2 nitrogen and oxygen atoms in total. The fourth-order valence-corrected chi connectivity index (χ4v) is 2.65. The average molecular weight is 288 g/mol. The third-order valence-electron chi connectivity index (χ3n) is 3.19. The van der Waals surface area contributed by atoms with E-state index in [4.69, 9.17) is 4.98 Å². The molecule has 1 N–H and O–H groups in total. The van der Waals surface area contributed by atoms with E-state index in [9.17, 15) is 0 Å². The van der Waals surface area contributed by atoms with Crippen LogP contribution in [0.25, 0.3) is 11.3 Å². The summed E-state index contributed by atoms with van der Waals surface area (Å²) in [5.74, 6) is 0.575. The van der Waals surface area contributed by atoms with E-state index in [2.05, 4.69) is 69.6 Å². The molecule has 0 unspecified atom stereocenters. The molecule has 108 valence electrons. The predicted octanol–water partition coefficient (Wildman–Crippen LogP) is 4.82. The minimum Gasteiger partial charge on any atom is -0.306 e. The highest BCUT2D eigenvalue weighted by Crippen LogP contribution is 2.24. The molecule has 0 aliphatic rings. The quantitative estimate of drug-likeness (QED) is 0.872. The zero-order chi connectivity index (χ0) is 14.8. The van der Waals surface area contributed by atoms with Crippen molar-refractivity contribution in [3.05, 3.63) is 40.2 Å². The molecule has 2 aromatic rings. The van der Waals surface area contributed by atoms with Crippen molar-refractivity contribution >= 4 is 11.3 Å². The maximum Gasteiger partial charge on any atom is 0.107 e. The van der Waals surface area contributed by atoms with Gasteiger partial charge >= 0.3 is 0 Å². The largest absolute Gasteiger partial charge is 0.306 e. The molecule has 0 bridgehead atoms. The summed E-state index contributed by atoms with van der Waals surface area (Å²) in [6.07, 6.45) is 0. The second-order valence-electron chi connectivity index (χ2n) is 6.51. The van der Waals surface area contributed by atoms with E-state index in [0.29, 0.717) is 5.92 Å². The molecule has 0 saturated carbocycles. The van der Waals surface area contributed by atoms with Gasteiger partial charge < -0.3 is 5.32 Å². The van der Waals surface area contributed by atoms with Crippen LogP contribution in [0.15, 0.2) is 29.6 Å². The summed E-state index contributed by atoms with van der Waals surface area (Å²) in [6.45, 7) is 11.8. The number of nitrogens with zero attached hydrogens (tertiary/aromatic N) is 1. The molecule has 0 radical (unpaired) electrons. The van der Waals surface area contributed by atoms with E-state index in [1.54, 1.807) is 11.3 Å². The maximum atomic E-state index is 4.71. The summed E-state index contributed by atoms with van der Waals surface area (Å²) in [5.41, 5.74) is 3.78. The Morgan fingerprint density at radius 3 is 2.35 bits per heavy atom. The molecule has 0 saturated heterocycles. The summed E-state index contributed by atoms with van der Waals surface area (Å²) >= 11 is 1.72. The highest BCUT2D eigenvalue weighted by Gasteiger charge is 2.11. The Kier molecular flexibility index (Phi) is 4.61. The topological polar surface area (TPSA) is 24.9 Å². The Morgan fingerprint density at radius 1 is 1.15 bits per heavy atom. The zero-order valence-electron chi connectivity index (χ0n) is 13.0. The molecule has 3 heteroatoms. The molecular formula is C17H24N2S. The van der Waals surface area contributed by atoms with Gasteiger partial charge in [0.05, 0.1) is 5.69 Å². The fourth-order valence-electron chi connectivity index (χ4n) is 1.90. The van der Waals surface area contributed by atoms with E-state index >= 15 is 0 Å². The van der Waals surface area contributed by atoms with Crippen molar-refractivity contribution in [2.45, 2.75) is 52.6 Å². The summed E-state index contributed by atoms with van der Waals surface area (Å²) in [4.78, 5) is 4.71. The second kappa shape index (κ2) is 6.06. The normalized spacial score (nSPS) is 12.1. The van der Waals surface area contributed by atoms with Gasteiger partial charge in [0.1, 0.15) is 5.01 Å². The second-order valence-corrected chi connectivity index (χ2v) is 7.45. The number of nitrogens with one attached hydrogen (secondary N) is 1. The molecule has 1 aromatic carbocycles. The Balaban J connectivity index is 2.08. The van der Waals surface area contributed by atoms with Crippen LogP contribution in [0.2, 0.25) is 0 Å². The van der Waals surface area contributed by atoms with Gasteiger partial charge in [-0.2, -0.15) is 0 Å². The van der Waals surface area contributed by atoms with Gasteiger partial charge in [-0.25, -0.2) is 4.98 Å².